The van der Waals surface area contributed by atoms with Crippen molar-refractivity contribution in [2.45, 2.75) is 12.3 Å². The van der Waals surface area contributed by atoms with Crippen molar-refractivity contribution in [3.05, 3.63) is 0 Å². The van der Waals surface area contributed by atoms with E-state index in [0.717, 1.165) is 0 Å². The van der Waals surface area contributed by atoms with Crippen LogP contribution >= 0.6 is 0 Å². The molecule has 7 heteroatoms. The molecule has 0 amide bonds. The first-order chi connectivity index (χ1) is 3.25. The maximum Gasteiger partial charge on any atom is 1.00 e. The maximum absolute atomic E-state index is 10.5. The molecule has 0 aliphatic heterocycles. The molecule has 0 fully saturated rings. The Morgan fingerprint density at radius 1 is 0.889 bits per heavy atom. The zero-order valence-corrected chi connectivity index (χ0v) is 7.42. The molecule has 0 aromatic heterocycles. The molecule has 50 valence electrons. The minimum absolute atomic E-state index is 0. The van der Waals surface area contributed by atoms with E-state index in [4.69, 9.17) is 5.11 Å². The van der Waals surface area contributed by atoms with Crippen molar-refractivity contribution < 1.29 is 78.4 Å². The van der Waals surface area contributed by atoms with E-state index >= 15 is 0 Å². The summed E-state index contributed by atoms with van der Waals surface area (Å²) in [6, 6.07) is 0. The molecule has 0 aliphatic carbocycles. The largest absolute Gasteiger partial charge is 1.00 e. The fourth-order valence-corrected chi connectivity index (χ4v) is 0. The fraction of sp³-hybridized carbons (Fsp3) is 1.00. The van der Waals surface area contributed by atoms with Gasteiger partial charge in [-0.3, -0.25) is 0 Å². The molecule has 1 nitrogen and oxygen atoms in total. The van der Waals surface area contributed by atoms with Gasteiger partial charge in [-0.2, -0.15) is 13.2 Å². The maximum atomic E-state index is 10.5. The first kappa shape index (κ1) is 12.9. The van der Waals surface area contributed by atoms with Crippen molar-refractivity contribution in [1.29, 1.82) is 0 Å². The summed E-state index contributed by atoms with van der Waals surface area (Å²) >= 11 is 0. The van der Waals surface area contributed by atoms with E-state index in [1.54, 1.807) is 0 Å². The quantitative estimate of drug-likeness (QED) is 0.294. The monoisotopic (exact) mass is 174 g/mol. The van der Waals surface area contributed by atoms with Gasteiger partial charge in [-0.15, -0.1) is 0 Å². The zero-order valence-electron chi connectivity index (χ0n) is 4.30. The van der Waals surface area contributed by atoms with Gasteiger partial charge in [0.05, 0.1) is 0 Å². The number of alkyl halides is 5. The molecule has 0 atom stereocenters. The van der Waals surface area contributed by atoms with Crippen molar-refractivity contribution in [1.82, 2.24) is 0 Å². The molecule has 9 heavy (non-hydrogen) atoms. The smallest absolute Gasteiger partial charge is 0.791 e. The summed E-state index contributed by atoms with van der Waals surface area (Å²) in [4.78, 5) is 0. The molecule has 0 rings (SSSR count). The molecule has 0 unspecified atom stereocenters. The van der Waals surface area contributed by atoms with Crippen molar-refractivity contribution in [2.75, 3.05) is 0 Å². The van der Waals surface area contributed by atoms with E-state index in [9.17, 15) is 22.0 Å². The van der Waals surface area contributed by atoms with Crippen LogP contribution in [0.3, 0.4) is 0 Å². The summed E-state index contributed by atoms with van der Waals surface area (Å²) in [7, 11) is 0. The molecular weight excluding hydrogens is 174 g/mol. The van der Waals surface area contributed by atoms with Gasteiger partial charge in [0, 0.05) is 0 Å². The fourth-order valence-electron chi connectivity index (χ4n) is 0. The molecule has 0 saturated carbocycles. The summed E-state index contributed by atoms with van der Waals surface area (Å²) in [5.41, 5.74) is 0. The third-order valence-corrected chi connectivity index (χ3v) is 0.330. The van der Waals surface area contributed by atoms with Crippen LogP contribution in [0.5, 0.6) is 0 Å². The minimum Gasteiger partial charge on any atom is -0.791 e. The van der Waals surface area contributed by atoms with E-state index < -0.39 is 12.3 Å². The Hall–Kier alpha value is 1.25. The predicted octanol–water partition coefficient (Wildman–Crippen LogP) is -2.49. The molecule has 0 aliphatic rings. The Kier molecular flexibility index (Phi) is 5.13. The number of hydrogen-bond acceptors (Lipinski definition) is 1. The average molecular weight is 174 g/mol. The SMILES string of the molecule is [K+].[O-]C(F)(F)C(F)(F)F. The van der Waals surface area contributed by atoms with Crippen molar-refractivity contribution >= 4 is 0 Å². The molecule has 0 N–H and O–H groups in total. The number of hydrogen-bond donors (Lipinski definition) is 0. The van der Waals surface area contributed by atoms with Crippen LogP contribution in [0, 0.1) is 0 Å². The summed E-state index contributed by atoms with van der Waals surface area (Å²) < 4.78 is 52.6. The Morgan fingerprint density at radius 3 is 1.00 bits per heavy atom. The average Bonchev–Trinajstić information content (AvgIpc) is 1.25. The Labute approximate surface area is 89.6 Å². The second-order valence-corrected chi connectivity index (χ2v) is 1.01. The van der Waals surface area contributed by atoms with Crippen molar-refractivity contribution in [3.63, 3.8) is 0 Å². The van der Waals surface area contributed by atoms with Crippen LogP contribution in [0.4, 0.5) is 22.0 Å². The molecule has 0 aromatic rings. The van der Waals surface area contributed by atoms with Crippen LogP contribution in [0.2, 0.25) is 0 Å². The van der Waals surface area contributed by atoms with Crippen LogP contribution in [0.1, 0.15) is 0 Å². The zero-order chi connectivity index (χ0) is 7.00. The second kappa shape index (κ2) is 3.58. The third-order valence-electron chi connectivity index (χ3n) is 0.330. The first-order valence-corrected chi connectivity index (χ1v) is 1.40. The second-order valence-electron chi connectivity index (χ2n) is 1.01. The first-order valence-electron chi connectivity index (χ1n) is 1.40. The van der Waals surface area contributed by atoms with Gasteiger partial charge in [0.25, 0.3) is 6.11 Å². The van der Waals surface area contributed by atoms with Gasteiger partial charge in [-0.05, 0) is 0 Å². The molecule has 0 heterocycles. The van der Waals surface area contributed by atoms with Crippen LogP contribution < -0.4 is 56.5 Å². The van der Waals surface area contributed by atoms with E-state index in [2.05, 4.69) is 0 Å². The Morgan fingerprint density at radius 2 is 1.00 bits per heavy atom. The summed E-state index contributed by atoms with van der Waals surface area (Å²) in [6.45, 7) is 0. The van der Waals surface area contributed by atoms with Crippen LogP contribution in [-0.2, 0) is 0 Å². The normalized spacial score (nSPS) is 12.7. The van der Waals surface area contributed by atoms with Gasteiger partial charge in [0.15, 0.2) is 0 Å². The molecule has 0 aromatic carbocycles. The van der Waals surface area contributed by atoms with Crippen LogP contribution in [0.25, 0.3) is 0 Å². The molecule has 0 saturated heterocycles. The van der Waals surface area contributed by atoms with Gasteiger partial charge >= 0.3 is 57.6 Å². The molecule has 0 spiro atoms. The minimum atomic E-state index is -5.95. The molecule has 0 bridgehead atoms. The van der Waals surface area contributed by atoms with Gasteiger partial charge in [0.2, 0.25) is 0 Å². The standard InChI is InChI=1S/C2F5O.K/c3-1(4,5)2(6,7)8;/q-1;+1. The summed E-state index contributed by atoms with van der Waals surface area (Å²) in [5.74, 6) is 0. The van der Waals surface area contributed by atoms with E-state index in [-0.39, 0.29) is 51.4 Å². The Bertz CT molecular complexity index is 69.9. The van der Waals surface area contributed by atoms with Gasteiger partial charge < -0.3 is 5.11 Å². The topological polar surface area (TPSA) is 23.1 Å². The van der Waals surface area contributed by atoms with Gasteiger partial charge in [0.1, 0.15) is 0 Å². The van der Waals surface area contributed by atoms with Crippen molar-refractivity contribution in [2.24, 2.45) is 0 Å². The van der Waals surface area contributed by atoms with Crippen LogP contribution in [0.15, 0.2) is 0 Å². The van der Waals surface area contributed by atoms with Gasteiger partial charge in [-0.1, -0.05) is 0 Å². The summed E-state index contributed by atoms with van der Waals surface area (Å²) in [6.07, 6.45) is -11.8. The van der Waals surface area contributed by atoms with Crippen molar-refractivity contribution in [3.8, 4) is 0 Å². The molecule has 0 radical (unpaired) electrons. The Balaban J connectivity index is 0. The number of rotatable bonds is 0. The van der Waals surface area contributed by atoms with E-state index in [0.29, 0.717) is 0 Å². The van der Waals surface area contributed by atoms with E-state index in [1.807, 2.05) is 0 Å². The predicted molar refractivity (Wildman–Crippen MR) is 11.0 cm³/mol. The van der Waals surface area contributed by atoms with E-state index in [1.165, 1.54) is 0 Å². The number of halogens is 5. The van der Waals surface area contributed by atoms with Gasteiger partial charge in [-0.25, -0.2) is 8.78 Å². The third kappa shape index (κ3) is 4.62. The molecular formula is C2F5KO. The summed E-state index contributed by atoms with van der Waals surface area (Å²) in [5, 5.41) is 8.67. The van der Waals surface area contributed by atoms with Crippen LogP contribution in [-0.4, -0.2) is 12.3 Å².